The van der Waals surface area contributed by atoms with Crippen molar-refractivity contribution in [3.63, 3.8) is 0 Å². The highest BCUT2D eigenvalue weighted by Crippen LogP contribution is 2.33. The molecule has 0 spiro atoms. The first-order valence-electron chi connectivity index (χ1n) is 10.3. The Morgan fingerprint density at radius 1 is 1.16 bits per heavy atom. The number of carbonyl (C=O) groups is 1. The van der Waals surface area contributed by atoms with Crippen LogP contribution >= 0.6 is 0 Å². The normalized spacial score (nSPS) is 13.7. The van der Waals surface area contributed by atoms with Gasteiger partial charge in [-0.3, -0.25) is 4.79 Å². The van der Waals surface area contributed by atoms with Gasteiger partial charge in [0, 0.05) is 19.5 Å². The molecule has 0 radical (unpaired) electrons. The van der Waals surface area contributed by atoms with Gasteiger partial charge in [-0.1, -0.05) is 6.07 Å². The number of halogens is 3. The van der Waals surface area contributed by atoms with Crippen LogP contribution < -0.4 is 10.2 Å². The topological polar surface area (TPSA) is 71.3 Å². The quantitative estimate of drug-likeness (QED) is 0.610. The van der Waals surface area contributed by atoms with Crippen molar-refractivity contribution >= 4 is 17.5 Å². The van der Waals surface area contributed by atoms with Crippen LogP contribution in [-0.4, -0.2) is 22.4 Å². The fourth-order valence-corrected chi connectivity index (χ4v) is 3.82. The number of hydrogen-bond acceptors (Lipinski definition) is 5. The number of nitrogens with zero attached hydrogens (tertiary/aromatic N) is 3. The van der Waals surface area contributed by atoms with Crippen molar-refractivity contribution in [2.75, 3.05) is 16.8 Å². The van der Waals surface area contributed by atoms with Crippen LogP contribution in [0.2, 0.25) is 0 Å². The predicted molar refractivity (Wildman–Crippen MR) is 113 cm³/mol. The molecule has 4 rings (SSSR count). The molecule has 9 heteroatoms. The molecular weight excluding hydrogens is 421 g/mol. The van der Waals surface area contributed by atoms with E-state index in [9.17, 15) is 18.0 Å². The summed E-state index contributed by atoms with van der Waals surface area (Å²) in [6, 6.07) is 5.70. The predicted octanol–water partition coefficient (Wildman–Crippen LogP) is 4.84. The molecule has 32 heavy (non-hydrogen) atoms. The summed E-state index contributed by atoms with van der Waals surface area (Å²) in [5.41, 5.74) is 3.60. The average molecular weight is 444 g/mol. The number of nitrogens with one attached hydrogen (secondary N) is 1. The van der Waals surface area contributed by atoms with Crippen molar-refractivity contribution < 1.29 is 22.4 Å². The van der Waals surface area contributed by atoms with Crippen LogP contribution in [0.25, 0.3) is 0 Å². The molecule has 0 saturated heterocycles. The number of hydrogen-bond donors (Lipinski definition) is 1. The van der Waals surface area contributed by atoms with Gasteiger partial charge in [0.2, 0.25) is 11.9 Å². The number of amides is 1. The maximum Gasteiger partial charge on any atom is 0.416 e. The molecule has 1 N–H and O–H groups in total. The zero-order valence-electron chi connectivity index (χ0n) is 17.8. The smallest absolute Gasteiger partial charge is 0.416 e. The summed E-state index contributed by atoms with van der Waals surface area (Å²) in [6.07, 6.45) is 0.268. The summed E-state index contributed by atoms with van der Waals surface area (Å²) in [5, 5.41) is 2.87. The van der Waals surface area contributed by atoms with Crippen molar-refractivity contribution in [1.82, 2.24) is 9.97 Å². The Labute approximate surface area is 183 Å². The van der Waals surface area contributed by atoms with E-state index in [-0.39, 0.29) is 5.91 Å². The minimum atomic E-state index is -4.38. The molecule has 1 amide bonds. The number of rotatable bonds is 5. The third-order valence-corrected chi connectivity index (χ3v) is 5.57. The third-order valence-electron chi connectivity index (χ3n) is 5.57. The molecule has 2 aromatic heterocycles. The van der Waals surface area contributed by atoms with Crippen LogP contribution in [0.5, 0.6) is 0 Å². The van der Waals surface area contributed by atoms with E-state index in [1.165, 1.54) is 6.07 Å². The van der Waals surface area contributed by atoms with Crippen LogP contribution in [-0.2, 0) is 30.4 Å². The van der Waals surface area contributed by atoms with Crippen LogP contribution in [0.1, 0.15) is 40.1 Å². The second kappa shape index (κ2) is 8.64. The molecule has 0 aliphatic carbocycles. The molecule has 6 nitrogen and oxygen atoms in total. The number of benzene rings is 1. The number of aromatic nitrogens is 2. The fraction of sp³-hybridized carbons (Fsp3) is 0.348. The van der Waals surface area contributed by atoms with E-state index >= 15 is 0 Å². The average Bonchev–Trinajstić information content (AvgIpc) is 3.27. The Bertz CT molecular complexity index is 1100. The second-order valence-corrected chi connectivity index (χ2v) is 7.90. The van der Waals surface area contributed by atoms with E-state index in [2.05, 4.69) is 15.3 Å². The lowest BCUT2D eigenvalue weighted by Crippen LogP contribution is -2.32. The number of fused-ring (bicyclic) bond motifs is 1. The first-order valence-corrected chi connectivity index (χ1v) is 10.3. The minimum absolute atomic E-state index is 0.152. The van der Waals surface area contributed by atoms with Crippen molar-refractivity contribution in [1.29, 1.82) is 0 Å². The van der Waals surface area contributed by atoms with Gasteiger partial charge in [-0.25, -0.2) is 9.97 Å². The van der Waals surface area contributed by atoms with Crippen LogP contribution in [0.3, 0.4) is 0 Å². The van der Waals surface area contributed by atoms with E-state index in [4.69, 9.17) is 4.42 Å². The Balaban J connectivity index is 1.48. The van der Waals surface area contributed by atoms with Gasteiger partial charge in [-0.2, -0.15) is 13.2 Å². The Morgan fingerprint density at radius 2 is 1.91 bits per heavy atom. The molecule has 0 saturated carbocycles. The van der Waals surface area contributed by atoms with Gasteiger partial charge >= 0.3 is 6.18 Å². The summed E-state index contributed by atoms with van der Waals surface area (Å²) >= 11 is 0. The second-order valence-electron chi connectivity index (χ2n) is 7.90. The molecule has 0 unspecified atom stereocenters. The number of alkyl halides is 3. The van der Waals surface area contributed by atoms with Crippen molar-refractivity contribution in [3.8, 4) is 0 Å². The van der Waals surface area contributed by atoms with E-state index < -0.39 is 11.7 Å². The summed E-state index contributed by atoms with van der Waals surface area (Å²) in [4.78, 5) is 23.3. The molecule has 0 fully saturated rings. The van der Waals surface area contributed by atoms with E-state index in [1.54, 1.807) is 32.4 Å². The summed E-state index contributed by atoms with van der Waals surface area (Å²) in [6.45, 7) is 4.47. The lowest BCUT2D eigenvalue weighted by Gasteiger charge is -2.30. The van der Waals surface area contributed by atoms with Crippen molar-refractivity contribution in [3.05, 3.63) is 70.4 Å². The van der Waals surface area contributed by atoms with Crippen LogP contribution in [0.4, 0.5) is 24.8 Å². The third kappa shape index (κ3) is 4.76. The largest absolute Gasteiger partial charge is 0.472 e. The number of aryl methyl sites for hydroxylation is 3. The summed E-state index contributed by atoms with van der Waals surface area (Å²) < 4.78 is 44.3. The maximum atomic E-state index is 13.1. The number of anilines is 2. The van der Waals surface area contributed by atoms with Crippen molar-refractivity contribution in [2.24, 2.45) is 0 Å². The van der Waals surface area contributed by atoms with Crippen LogP contribution in [0.15, 0.2) is 41.2 Å². The van der Waals surface area contributed by atoms with E-state index in [1.807, 2.05) is 11.0 Å². The maximum absolute atomic E-state index is 13.1. The molecular formula is C23H23F3N4O2. The monoisotopic (exact) mass is 444 g/mol. The lowest BCUT2D eigenvalue weighted by molar-refractivity contribution is -0.137. The summed E-state index contributed by atoms with van der Waals surface area (Å²) in [7, 11) is 0. The number of carbonyl (C=O) groups excluding carboxylic acids is 1. The molecule has 1 aromatic carbocycles. The zero-order valence-corrected chi connectivity index (χ0v) is 17.8. The highest BCUT2D eigenvalue weighted by atomic mass is 19.4. The Morgan fingerprint density at radius 3 is 2.56 bits per heavy atom. The van der Waals surface area contributed by atoms with Gasteiger partial charge in [0.05, 0.1) is 35.2 Å². The zero-order chi connectivity index (χ0) is 22.9. The Kier molecular flexibility index (Phi) is 5.90. The van der Waals surface area contributed by atoms with Gasteiger partial charge in [0.1, 0.15) is 0 Å². The molecule has 3 aromatic rings. The van der Waals surface area contributed by atoms with Crippen LogP contribution in [0, 0.1) is 13.8 Å². The lowest BCUT2D eigenvalue weighted by atomic mass is 9.97. The molecule has 1 aliphatic heterocycles. The molecule has 0 atom stereocenters. The van der Waals surface area contributed by atoms with Gasteiger partial charge in [-0.05, 0) is 61.6 Å². The molecule has 0 bridgehead atoms. The van der Waals surface area contributed by atoms with Gasteiger partial charge in [-0.15, -0.1) is 0 Å². The van der Waals surface area contributed by atoms with E-state index in [0.29, 0.717) is 60.9 Å². The highest BCUT2D eigenvalue weighted by molar-refractivity contribution is 5.92. The first kappa shape index (κ1) is 21.9. The van der Waals surface area contributed by atoms with Crippen molar-refractivity contribution in [2.45, 2.75) is 45.8 Å². The molecule has 168 valence electrons. The minimum Gasteiger partial charge on any atom is -0.472 e. The molecule has 1 aliphatic rings. The molecule has 3 heterocycles. The fourth-order valence-electron chi connectivity index (χ4n) is 3.82. The van der Waals surface area contributed by atoms with Gasteiger partial charge in [0.15, 0.2) is 0 Å². The van der Waals surface area contributed by atoms with E-state index in [0.717, 1.165) is 17.2 Å². The standard InChI is InChI=1S/C23H23F3N4O2/c1-14-21(29-20(31)6-3-16-8-10-32-13-16)15(2)28-22(27-14)30-9-7-17-4-5-19(23(24,25)26)11-18(17)12-30/h4-5,8,10-11,13H,3,6-7,9,12H2,1-2H3,(H,29,31). The first-order chi connectivity index (χ1) is 15.2. The SMILES string of the molecule is Cc1nc(N2CCc3ccc(C(F)(F)F)cc3C2)nc(C)c1NC(=O)CCc1ccoc1. The van der Waals surface area contributed by atoms with Gasteiger partial charge < -0.3 is 14.6 Å². The number of furan rings is 1. The highest BCUT2D eigenvalue weighted by Gasteiger charge is 2.32. The van der Waals surface area contributed by atoms with Gasteiger partial charge in [0.25, 0.3) is 0 Å². The Hall–Kier alpha value is -3.36. The summed E-state index contributed by atoms with van der Waals surface area (Å²) in [5.74, 6) is 0.291.